The van der Waals surface area contributed by atoms with Crippen molar-refractivity contribution in [2.75, 3.05) is 32.7 Å². The lowest BCUT2D eigenvalue weighted by molar-refractivity contribution is -0.130. The number of piperidine rings is 1. The van der Waals surface area contributed by atoms with Gasteiger partial charge in [-0.2, -0.15) is 0 Å². The fourth-order valence-electron chi connectivity index (χ4n) is 3.56. The molecule has 0 aromatic rings. The molecule has 0 aromatic carbocycles. The van der Waals surface area contributed by atoms with Crippen molar-refractivity contribution in [1.29, 1.82) is 0 Å². The first-order valence-corrected chi connectivity index (χ1v) is 8.41. The van der Waals surface area contributed by atoms with Crippen LogP contribution in [0.25, 0.3) is 0 Å². The fraction of sp³-hybridized carbons (Fsp3) is 0.938. The minimum atomic E-state index is -0.140. The molecule has 2 unspecified atom stereocenters. The maximum Gasteiger partial charge on any atom is 0.227 e. The largest absolute Gasteiger partial charge is 0.356 e. The average Bonchev–Trinajstić information content (AvgIpc) is 2.95. The van der Waals surface area contributed by atoms with Crippen LogP contribution in [-0.2, 0) is 4.79 Å². The molecule has 4 nitrogen and oxygen atoms in total. The molecular weight excluding hydrogens is 250 g/mol. The van der Waals surface area contributed by atoms with Crippen molar-refractivity contribution in [1.82, 2.24) is 15.5 Å². The third-order valence-electron chi connectivity index (χ3n) is 5.25. The van der Waals surface area contributed by atoms with Crippen LogP contribution in [0.4, 0.5) is 0 Å². The lowest BCUT2D eigenvalue weighted by Crippen LogP contribution is -2.43. The van der Waals surface area contributed by atoms with Crippen LogP contribution < -0.4 is 10.6 Å². The Morgan fingerprint density at radius 1 is 1.45 bits per heavy atom. The summed E-state index contributed by atoms with van der Waals surface area (Å²) in [5, 5.41) is 6.49. The van der Waals surface area contributed by atoms with Crippen molar-refractivity contribution in [3.05, 3.63) is 0 Å². The molecule has 1 amide bonds. The lowest BCUT2D eigenvalue weighted by Gasteiger charge is -2.33. The van der Waals surface area contributed by atoms with E-state index in [-0.39, 0.29) is 11.3 Å². The molecule has 2 aliphatic heterocycles. The molecule has 2 rings (SSSR count). The van der Waals surface area contributed by atoms with Crippen molar-refractivity contribution >= 4 is 5.91 Å². The van der Waals surface area contributed by atoms with Gasteiger partial charge in [0, 0.05) is 25.7 Å². The Bertz CT molecular complexity index is 313. The highest BCUT2D eigenvalue weighted by Crippen LogP contribution is 2.29. The molecule has 0 aliphatic carbocycles. The molecule has 2 aliphatic rings. The van der Waals surface area contributed by atoms with Gasteiger partial charge in [0.25, 0.3) is 0 Å². The number of carbonyl (C=O) groups is 1. The van der Waals surface area contributed by atoms with Gasteiger partial charge in [0.1, 0.15) is 0 Å². The van der Waals surface area contributed by atoms with Gasteiger partial charge in [0.2, 0.25) is 5.91 Å². The van der Waals surface area contributed by atoms with Gasteiger partial charge in [0.15, 0.2) is 0 Å². The normalized spacial score (nSPS) is 31.4. The fourth-order valence-corrected chi connectivity index (χ4v) is 3.56. The van der Waals surface area contributed by atoms with Crippen LogP contribution in [-0.4, -0.2) is 49.6 Å². The third kappa shape index (κ3) is 3.73. The summed E-state index contributed by atoms with van der Waals surface area (Å²) in [4.78, 5) is 14.9. The maximum absolute atomic E-state index is 12.3. The summed E-state index contributed by atoms with van der Waals surface area (Å²) in [7, 11) is 0. The van der Waals surface area contributed by atoms with Crippen LogP contribution in [0.1, 0.15) is 52.4 Å². The summed E-state index contributed by atoms with van der Waals surface area (Å²) >= 11 is 0. The van der Waals surface area contributed by atoms with Crippen molar-refractivity contribution in [3.63, 3.8) is 0 Å². The summed E-state index contributed by atoms with van der Waals surface area (Å²) in [6.07, 6.45) is 7.04. The molecule has 0 saturated carbocycles. The minimum absolute atomic E-state index is 0.140. The molecule has 20 heavy (non-hydrogen) atoms. The number of hydrogen-bond acceptors (Lipinski definition) is 3. The quantitative estimate of drug-likeness (QED) is 0.729. The highest BCUT2D eigenvalue weighted by Gasteiger charge is 2.39. The predicted octanol–water partition coefficient (Wildman–Crippen LogP) is 1.76. The SMILES string of the molecule is CCC1(C(=O)NCCCN2CCCCC2C)CCNC1. The number of rotatable bonds is 6. The summed E-state index contributed by atoms with van der Waals surface area (Å²) in [5.74, 6) is 0.261. The number of amides is 1. The molecule has 116 valence electrons. The van der Waals surface area contributed by atoms with E-state index in [2.05, 4.69) is 29.4 Å². The Labute approximate surface area is 123 Å². The molecule has 2 atom stereocenters. The van der Waals surface area contributed by atoms with Crippen molar-refractivity contribution in [2.45, 2.75) is 58.4 Å². The van der Waals surface area contributed by atoms with Gasteiger partial charge in [-0.15, -0.1) is 0 Å². The molecule has 2 fully saturated rings. The van der Waals surface area contributed by atoms with Crippen molar-refractivity contribution < 1.29 is 4.79 Å². The van der Waals surface area contributed by atoms with Crippen molar-refractivity contribution in [2.24, 2.45) is 5.41 Å². The van der Waals surface area contributed by atoms with Gasteiger partial charge in [-0.05, 0) is 52.1 Å². The van der Waals surface area contributed by atoms with Gasteiger partial charge in [0.05, 0.1) is 5.41 Å². The van der Waals surface area contributed by atoms with Gasteiger partial charge < -0.3 is 15.5 Å². The Hall–Kier alpha value is -0.610. The van der Waals surface area contributed by atoms with E-state index >= 15 is 0 Å². The molecule has 2 N–H and O–H groups in total. The summed E-state index contributed by atoms with van der Waals surface area (Å²) in [6.45, 7) is 9.46. The Balaban J connectivity index is 1.66. The van der Waals surface area contributed by atoms with Gasteiger partial charge in [-0.1, -0.05) is 13.3 Å². The molecule has 0 radical (unpaired) electrons. The molecule has 4 heteroatoms. The van der Waals surface area contributed by atoms with E-state index in [4.69, 9.17) is 0 Å². The van der Waals surface area contributed by atoms with E-state index in [0.29, 0.717) is 0 Å². The Kier molecular flexibility index (Phi) is 5.85. The van der Waals surface area contributed by atoms with Crippen LogP contribution in [0, 0.1) is 5.41 Å². The zero-order valence-corrected chi connectivity index (χ0v) is 13.2. The van der Waals surface area contributed by atoms with E-state index < -0.39 is 0 Å². The molecule has 2 heterocycles. The van der Waals surface area contributed by atoms with Crippen LogP contribution in [0.15, 0.2) is 0 Å². The number of likely N-dealkylation sites (tertiary alicyclic amines) is 1. The molecule has 0 aromatic heterocycles. The number of nitrogens with one attached hydrogen (secondary N) is 2. The van der Waals surface area contributed by atoms with Gasteiger partial charge >= 0.3 is 0 Å². The Morgan fingerprint density at radius 2 is 2.30 bits per heavy atom. The minimum Gasteiger partial charge on any atom is -0.356 e. The summed E-state index contributed by atoms with van der Waals surface area (Å²) in [6, 6.07) is 0.723. The third-order valence-corrected chi connectivity index (χ3v) is 5.25. The number of hydrogen-bond donors (Lipinski definition) is 2. The van der Waals surface area contributed by atoms with E-state index in [1.54, 1.807) is 0 Å². The van der Waals surface area contributed by atoms with E-state index in [1.807, 2.05) is 0 Å². The van der Waals surface area contributed by atoms with E-state index in [9.17, 15) is 4.79 Å². The lowest BCUT2D eigenvalue weighted by atomic mass is 9.83. The molecular formula is C16H31N3O. The maximum atomic E-state index is 12.3. The monoisotopic (exact) mass is 281 g/mol. The topological polar surface area (TPSA) is 44.4 Å². The van der Waals surface area contributed by atoms with E-state index in [1.165, 1.54) is 25.8 Å². The second-order valence-corrected chi connectivity index (χ2v) is 6.55. The smallest absolute Gasteiger partial charge is 0.227 e. The molecule has 0 spiro atoms. The van der Waals surface area contributed by atoms with Crippen molar-refractivity contribution in [3.8, 4) is 0 Å². The zero-order chi connectivity index (χ0) is 14.4. The standard InChI is InChI=1S/C16H31N3O/c1-3-16(8-10-17-13-16)15(20)18-9-6-12-19-11-5-4-7-14(19)2/h14,17H,3-13H2,1-2H3,(H,18,20). The second kappa shape index (κ2) is 7.41. The summed E-state index contributed by atoms with van der Waals surface area (Å²) in [5.41, 5.74) is -0.140. The van der Waals surface area contributed by atoms with Crippen LogP contribution >= 0.6 is 0 Å². The van der Waals surface area contributed by atoms with Crippen LogP contribution in [0.5, 0.6) is 0 Å². The average molecular weight is 281 g/mol. The first-order chi connectivity index (χ1) is 9.68. The second-order valence-electron chi connectivity index (χ2n) is 6.55. The Morgan fingerprint density at radius 3 is 2.95 bits per heavy atom. The number of carbonyl (C=O) groups excluding carboxylic acids is 1. The summed E-state index contributed by atoms with van der Waals surface area (Å²) < 4.78 is 0. The van der Waals surface area contributed by atoms with Gasteiger partial charge in [-0.25, -0.2) is 0 Å². The molecule has 0 bridgehead atoms. The number of nitrogens with zero attached hydrogens (tertiary/aromatic N) is 1. The molecule has 2 saturated heterocycles. The first kappa shape index (κ1) is 15.8. The van der Waals surface area contributed by atoms with Crippen LogP contribution in [0.2, 0.25) is 0 Å². The highest BCUT2D eigenvalue weighted by molar-refractivity contribution is 5.83. The first-order valence-electron chi connectivity index (χ1n) is 8.41. The van der Waals surface area contributed by atoms with Gasteiger partial charge in [-0.3, -0.25) is 4.79 Å². The highest BCUT2D eigenvalue weighted by atomic mass is 16.2. The predicted molar refractivity (Wildman–Crippen MR) is 82.7 cm³/mol. The van der Waals surface area contributed by atoms with Crippen LogP contribution in [0.3, 0.4) is 0 Å². The zero-order valence-electron chi connectivity index (χ0n) is 13.2. The van der Waals surface area contributed by atoms with E-state index in [0.717, 1.165) is 51.5 Å².